The van der Waals surface area contributed by atoms with Crippen molar-refractivity contribution in [2.24, 2.45) is 0 Å². The van der Waals surface area contributed by atoms with Gasteiger partial charge in [0.2, 0.25) is 11.8 Å². The molecule has 5 nitrogen and oxygen atoms in total. The summed E-state index contributed by atoms with van der Waals surface area (Å²) in [4.78, 5) is 25.8. The number of likely N-dealkylation sites (N-methyl/N-ethyl adjacent to an activating group) is 1. The van der Waals surface area contributed by atoms with Crippen LogP contribution in [0.1, 0.15) is 43.4 Å². The molecule has 1 heterocycles. The highest BCUT2D eigenvalue weighted by molar-refractivity contribution is 5.88. The molecular formula is C18H27N3O2. The molecule has 0 aromatic heterocycles. The Morgan fingerprint density at radius 1 is 1.35 bits per heavy atom. The number of hydrogen-bond acceptors (Lipinski definition) is 3. The molecule has 0 aliphatic carbocycles. The number of amides is 2. The monoisotopic (exact) mass is 317 g/mol. The number of carbonyl (C=O) groups excluding carboxylic acids is 2. The molecule has 1 fully saturated rings. The third kappa shape index (κ3) is 4.79. The Hall–Kier alpha value is -1.88. The van der Waals surface area contributed by atoms with Crippen LogP contribution >= 0.6 is 0 Å². The molecule has 1 aliphatic heterocycles. The number of piperidine rings is 1. The Labute approximate surface area is 138 Å². The smallest absolute Gasteiger partial charge is 0.242 e. The van der Waals surface area contributed by atoms with Gasteiger partial charge in [0, 0.05) is 13.0 Å². The number of carbonyl (C=O) groups is 2. The van der Waals surface area contributed by atoms with E-state index >= 15 is 0 Å². The maximum atomic E-state index is 12.3. The molecule has 0 saturated carbocycles. The maximum Gasteiger partial charge on any atom is 0.242 e. The summed E-state index contributed by atoms with van der Waals surface area (Å²) in [6.07, 6.45) is 3.04. The van der Waals surface area contributed by atoms with Crippen molar-refractivity contribution < 1.29 is 9.59 Å². The first kappa shape index (κ1) is 17.5. The minimum Gasteiger partial charge on any atom is -0.352 e. The van der Waals surface area contributed by atoms with E-state index in [4.69, 9.17) is 0 Å². The fourth-order valence-corrected chi connectivity index (χ4v) is 2.90. The fourth-order valence-electron chi connectivity index (χ4n) is 2.90. The third-order valence-corrected chi connectivity index (χ3v) is 4.41. The van der Waals surface area contributed by atoms with Crippen LogP contribution in [-0.2, 0) is 16.0 Å². The van der Waals surface area contributed by atoms with Crippen LogP contribution in [0.25, 0.3) is 0 Å². The molecule has 2 amide bonds. The minimum atomic E-state index is -0.387. The lowest BCUT2D eigenvalue weighted by molar-refractivity contribution is -0.131. The molecule has 2 rings (SSSR count). The normalized spacial score (nSPS) is 19.3. The van der Waals surface area contributed by atoms with Crippen molar-refractivity contribution in [3.05, 3.63) is 35.4 Å². The first-order valence-electron chi connectivity index (χ1n) is 8.33. The summed E-state index contributed by atoms with van der Waals surface area (Å²) in [6.45, 7) is 2.67. The maximum absolute atomic E-state index is 12.3. The van der Waals surface area contributed by atoms with E-state index in [1.165, 1.54) is 11.1 Å². The zero-order valence-electron chi connectivity index (χ0n) is 14.3. The quantitative estimate of drug-likeness (QED) is 0.838. The number of hydrogen-bond donors (Lipinski definition) is 2. The van der Waals surface area contributed by atoms with E-state index in [0.717, 1.165) is 19.3 Å². The van der Waals surface area contributed by atoms with Gasteiger partial charge in [-0.25, -0.2) is 0 Å². The molecule has 2 N–H and O–H groups in total. The summed E-state index contributed by atoms with van der Waals surface area (Å²) >= 11 is 0. The summed E-state index contributed by atoms with van der Waals surface area (Å²) in [5, 5.41) is 5.75. The molecule has 0 unspecified atom stereocenters. The number of nitrogens with zero attached hydrogens (tertiary/aromatic N) is 1. The van der Waals surface area contributed by atoms with Crippen LogP contribution in [0.2, 0.25) is 0 Å². The third-order valence-electron chi connectivity index (χ3n) is 4.41. The summed E-state index contributed by atoms with van der Waals surface area (Å²) in [5.41, 5.74) is 2.49. The SMILES string of the molecule is CCc1ccc([C@@H](CNC(=O)[C@@H]2CCCC(=O)N2)N(C)C)cc1. The molecule has 5 heteroatoms. The van der Waals surface area contributed by atoms with Gasteiger partial charge >= 0.3 is 0 Å². The van der Waals surface area contributed by atoms with Crippen LogP contribution in [0.15, 0.2) is 24.3 Å². The van der Waals surface area contributed by atoms with Gasteiger partial charge in [0.25, 0.3) is 0 Å². The van der Waals surface area contributed by atoms with Gasteiger partial charge in [0.1, 0.15) is 6.04 Å². The highest BCUT2D eigenvalue weighted by Crippen LogP contribution is 2.18. The number of nitrogens with one attached hydrogen (secondary N) is 2. The molecule has 2 atom stereocenters. The molecule has 126 valence electrons. The summed E-state index contributed by atoms with van der Waals surface area (Å²) in [5.74, 6) is -0.120. The molecular weight excluding hydrogens is 290 g/mol. The zero-order chi connectivity index (χ0) is 16.8. The highest BCUT2D eigenvalue weighted by atomic mass is 16.2. The first-order valence-corrected chi connectivity index (χ1v) is 8.33. The topological polar surface area (TPSA) is 61.4 Å². The van der Waals surface area contributed by atoms with Gasteiger partial charge in [-0.15, -0.1) is 0 Å². The Morgan fingerprint density at radius 2 is 2.04 bits per heavy atom. The van der Waals surface area contributed by atoms with Crippen LogP contribution in [0.3, 0.4) is 0 Å². The van der Waals surface area contributed by atoms with Crippen LogP contribution in [0.4, 0.5) is 0 Å². The van der Waals surface area contributed by atoms with Crippen molar-refractivity contribution in [2.45, 2.75) is 44.7 Å². The second-order valence-corrected chi connectivity index (χ2v) is 6.33. The zero-order valence-corrected chi connectivity index (χ0v) is 14.3. The largest absolute Gasteiger partial charge is 0.352 e. The molecule has 1 aromatic rings. The van der Waals surface area contributed by atoms with Gasteiger partial charge < -0.3 is 15.5 Å². The average molecular weight is 317 g/mol. The van der Waals surface area contributed by atoms with E-state index in [2.05, 4.69) is 46.7 Å². The fraction of sp³-hybridized carbons (Fsp3) is 0.556. The van der Waals surface area contributed by atoms with Gasteiger partial charge in [0.05, 0.1) is 6.04 Å². The summed E-state index contributed by atoms with van der Waals surface area (Å²) in [6, 6.07) is 8.24. The second-order valence-electron chi connectivity index (χ2n) is 6.33. The van der Waals surface area contributed by atoms with Gasteiger partial charge in [-0.3, -0.25) is 9.59 Å². The van der Waals surface area contributed by atoms with Crippen molar-refractivity contribution in [2.75, 3.05) is 20.6 Å². The molecule has 0 bridgehead atoms. The van der Waals surface area contributed by atoms with Gasteiger partial charge in [0.15, 0.2) is 0 Å². The Kier molecular flexibility index (Phi) is 6.16. The van der Waals surface area contributed by atoms with E-state index in [-0.39, 0.29) is 23.9 Å². The van der Waals surface area contributed by atoms with Crippen LogP contribution in [-0.4, -0.2) is 43.4 Å². The average Bonchev–Trinajstić information content (AvgIpc) is 2.55. The van der Waals surface area contributed by atoms with Crippen molar-refractivity contribution in [3.63, 3.8) is 0 Å². The Balaban J connectivity index is 1.96. The predicted octanol–water partition coefficient (Wildman–Crippen LogP) is 1.64. The van der Waals surface area contributed by atoms with Crippen molar-refractivity contribution in [1.29, 1.82) is 0 Å². The van der Waals surface area contributed by atoms with Gasteiger partial charge in [-0.05, 0) is 44.5 Å². The van der Waals surface area contributed by atoms with Crippen LogP contribution < -0.4 is 10.6 Å². The van der Waals surface area contributed by atoms with Crippen LogP contribution in [0.5, 0.6) is 0 Å². The van der Waals surface area contributed by atoms with Crippen LogP contribution in [0, 0.1) is 0 Å². The lowest BCUT2D eigenvalue weighted by Gasteiger charge is -2.27. The number of rotatable bonds is 6. The lowest BCUT2D eigenvalue weighted by Crippen LogP contribution is -2.50. The minimum absolute atomic E-state index is 0.0317. The number of benzene rings is 1. The molecule has 23 heavy (non-hydrogen) atoms. The molecule has 0 spiro atoms. The first-order chi connectivity index (χ1) is 11.0. The highest BCUT2D eigenvalue weighted by Gasteiger charge is 2.25. The van der Waals surface area contributed by atoms with Gasteiger partial charge in [-0.1, -0.05) is 31.2 Å². The second kappa shape index (κ2) is 8.11. The van der Waals surface area contributed by atoms with Crippen molar-refractivity contribution >= 4 is 11.8 Å². The molecule has 0 radical (unpaired) electrons. The predicted molar refractivity (Wildman–Crippen MR) is 91.0 cm³/mol. The molecule has 1 aromatic carbocycles. The van der Waals surface area contributed by atoms with E-state index in [1.54, 1.807) is 0 Å². The van der Waals surface area contributed by atoms with E-state index < -0.39 is 0 Å². The van der Waals surface area contributed by atoms with E-state index in [0.29, 0.717) is 13.0 Å². The number of aryl methyl sites for hydroxylation is 1. The lowest BCUT2D eigenvalue weighted by atomic mass is 10.0. The van der Waals surface area contributed by atoms with Crippen molar-refractivity contribution in [1.82, 2.24) is 15.5 Å². The molecule has 1 saturated heterocycles. The summed E-state index contributed by atoms with van der Waals surface area (Å²) in [7, 11) is 4.01. The molecule has 1 aliphatic rings. The van der Waals surface area contributed by atoms with Gasteiger partial charge in [-0.2, -0.15) is 0 Å². The van der Waals surface area contributed by atoms with Crippen molar-refractivity contribution in [3.8, 4) is 0 Å². The van der Waals surface area contributed by atoms with E-state index in [1.807, 2.05) is 14.1 Å². The Bertz CT molecular complexity index is 540. The standard InChI is InChI=1S/C18H27N3O2/c1-4-13-8-10-14(11-9-13)16(21(2)3)12-19-18(23)15-6-5-7-17(22)20-15/h8-11,15-16H,4-7,12H2,1-3H3,(H,19,23)(H,20,22)/t15-,16+/m0/s1. The van der Waals surface area contributed by atoms with E-state index in [9.17, 15) is 9.59 Å². The summed E-state index contributed by atoms with van der Waals surface area (Å²) < 4.78 is 0. The Morgan fingerprint density at radius 3 is 2.61 bits per heavy atom.